The van der Waals surface area contributed by atoms with Gasteiger partial charge in [0.05, 0.1) is 0 Å². The van der Waals surface area contributed by atoms with Gasteiger partial charge in [-0.15, -0.1) is 0 Å². The Kier molecular flexibility index (Phi) is 2.47. The van der Waals surface area contributed by atoms with Crippen LogP contribution in [-0.4, -0.2) is 6.54 Å². The Morgan fingerprint density at radius 3 is 2.54 bits per heavy atom. The number of rotatable bonds is 0. The van der Waals surface area contributed by atoms with Gasteiger partial charge in [0.15, 0.2) is 0 Å². The van der Waals surface area contributed by atoms with Crippen molar-refractivity contribution in [2.24, 2.45) is 0 Å². The van der Waals surface area contributed by atoms with Crippen molar-refractivity contribution in [3.8, 4) is 0 Å². The van der Waals surface area contributed by atoms with Crippen LogP contribution in [0.5, 0.6) is 0 Å². The minimum atomic E-state index is 0.686. The van der Waals surface area contributed by atoms with Crippen LogP contribution in [0, 0.1) is 0 Å². The Bertz CT molecular complexity index is 395. The van der Waals surface area contributed by atoms with Crippen LogP contribution in [-0.2, 0) is 0 Å². The third-order valence-corrected chi connectivity index (χ3v) is 2.81. The molecule has 0 aromatic heterocycles. The molecule has 0 radical (unpaired) electrons. The predicted molar refractivity (Wildman–Crippen MR) is 56.8 cm³/mol. The van der Waals surface area contributed by atoms with E-state index in [1.807, 2.05) is 24.3 Å². The van der Waals surface area contributed by atoms with Crippen LogP contribution in [0.4, 0.5) is 0 Å². The largest absolute Gasteiger partial charge is 0.375 e. The fourth-order valence-electron chi connectivity index (χ4n) is 1.42. The molecule has 1 aliphatic rings. The van der Waals surface area contributed by atoms with Gasteiger partial charge in [0, 0.05) is 23.2 Å². The van der Waals surface area contributed by atoms with Gasteiger partial charge in [-0.2, -0.15) is 0 Å². The maximum Gasteiger partial charge on any atom is 0.110 e. The summed E-state index contributed by atoms with van der Waals surface area (Å²) in [5, 5.41) is 6.70. The fourth-order valence-corrected chi connectivity index (χ4v) is 1.94. The second kappa shape index (κ2) is 3.60. The van der Waals surface area contributed by atoms with Gasteiger partial charge in [-0.1, -0.05) is 47.5 Å². The quantitative estimate of drug-likeness (QED) is 0.642. The highest BCUT2D eigenvalue weighted by Crippen LogP contribution is 2.07. The predicted octanol–water partition coefficient (Wildman–Crippen LogP) is 1.33. The SMILES string of the molecule is ClC1=c2ccccc2=C(Cl)NCC1. The van der Waals surface area contributed by atoms with Crippen LogP contribution < -0.4 is 15.8 Å². The maximum absolute atomic E-state index is 6.12. The molecule has 0 atom stereocenters. The first-order valence-corrected chi connectivity index (χ1v) is 4.92. The number of fused-ring (bicyclic) bond motifs is 1. The van der Waals surface area contributed by atoms with Crippen LogP contribution in [0.3, 0.4) is 0 Å². The van der Waals surface area contributed by atoms with Gasteiger partial charge in [-0.3, -0.25) is 0 Å². The third-order valence-electron chi connectivity index (χ3n) is 2.08. The average Bonchev–Trinajstić information content (AvgIpc) is 2.29. The first kappa shape index (κ1) is 8.92. The van der Waals surface area contributed by atoms with E-state index in [4.69, 9.17) is 23.2 Å². The Hall–Kier alpha value is -0.660. The Morgan fingerprint density at radius 2 is 1.77 bits per heavy atom. The van der Waals surface area contributed by atoms with E-state index in [1.165, 1.54) is 0 Å². The summed E-state index contributed by atoms with van der Waals surface area (Å²) < 4.78 is 0. The van der Waals surface area contributed by atoms with Gasteiger partial charge < -0.3 is 5.32 Å². The molecule has 0 bridgehead atoms. The van der Waals surface area contributed by atoms with E-state index >= 15 is 0 Å². The van der Waals surface area contributed by atoms with E-state index in [-0.39, 0.29) is 0 Å². The minimum Gasteiger partial charge on any atom is -0.375 e. The summed E-state index contributed by atoms with van der Waals surface area (Å²) in [6.07, 6.45) is 0.828. The van der Waals surface area contributed by atoms with E-state index in [0.29, 0.717) is 5.16 Å². The number of hydrogen-bond donors (Lipinski definition) is 1. The summed E-state index contributed by atoms with van der Waals surface area (Å²) in [4.78, 5) is 0. The van der Waals surface area contributed by atoms with Gasteiger partial charge in [-0.25, -0.2) is 0 Å². The average molecular weight is 214 g/mol. The van der Waals surface area contributed by atoms with Crippen molar-refractivity contribution >= 4 is 33.4 Å². The van der Waals surface area contributed by atoms with Crippen LogP contribution in [0.2, 0.25) is 0 Å². The summed E-state index contributed by atoms with van der Waals surface area (Å²) in [7, 11) is 0. The molecular weight excluding hydrogens is 205 g/mol. The zero-order valence-electron chi connectivity index (χ0n) is 6.98. The lowest BCUT2D eigenvalue weighted by molar-refractivity contribution is 0.902. The van der Waals surface area contributed by atoms with Gasteiger partial charge in [0.2, 0.25) is 0 Å². The highest BCUT2D eigenvalue weighted by atomic mass is 35.5. The lowest BCUT2D eigenvalue weighted by Crippen LogP contribution is -2.28. The van der Waals surface area contributed by atoms with Gasteiger partial charge >= 0.3 is 0 Å². The van der Waals surface area contributed by atoms with E-state index in [2.05, 4.69) is 5.32 Å². The number of hydrogen-bond acceptors (Lipinski definition) is 1. The second-order valence-corrected chi connectivity index (χ2v) is 3.78. The first-order chi connectivity index (χ1) is 6.29. The smallest absolute Gasteiger partial charge is 0.110 e. The molecule has 1 N–H and O–H groups in total. The molecule has 1 aromatic rings. The molecule has 13 heavy (non-hydrogen) atoms. The first-order valence-electron chi connectivity index (χ1n) is 4.16. The zero-order valence-corrected chi connectivity index (χ0v) is 8.49. The molecule has 0 spiro atoms. The molecule has 0 aliphatic carbocycles. The zero-order chi connectivity index (χ0) is 9.26. The van der Waals surface area contributed by atoms with Gasteiger partial charge in [-0.05, 0) is 5.22 Å². The van der Waals surface area contributed by atoms with Crippen LogP contribution >= 0.6 is 23.2 Å². The van der Waals surface area contributed by atoms with Crippen molar-refractivity contribution in [1.29, 1.82) is 0 Å². The molecular formula is C10H9Cl2N. The topological polar surface area (TPSA) is 12.0 Å². The number of nitrogens with one attached hydrogen (secondary N) is 1. The monoisotopic (exact) mass is 213 g/mol. The Labute approximate surface area is 86.7 Å². The Balaban J connectivity index is 2.89. The van der Waals surface area contributed by atoms with Crippen molar-refractivity contribution < 1.29 is 0 Å². The standard InChI is InChI=1S/C10H9Cl2N/c11-9-5-6-13-10(12)8-4-2-1-3-7(8)9/h1-4,13H,5-6H2. The van der Waals surface area contributed by atoms with E-state index in [1.54, 1.807) is 0 Å². The fraction of sp³-hybridized carbons (Fsp3) is 0.200. The van der Waals surface area contributed by atoms with Crippen molar-refractivity contribution in [2.75, 3.05) is 6.54 Å². The summed E-state index contributed by atoms with van der Waals surface area (Å²) in [5.41, 5.74) is 0. The van der Waals surface area contributed by atoms with Gasteiger partial charge in [0.25, 0.3) is 0 Å². The summed E-state index contributed by atoms with van der Waals surface area (Å²) >= 11 is 12.2. The minimum absolute atomic E-state index is 0.686. The molecule has 1 heterocycles. The number of benzene rings is 1. The molecule has 1 nitrogen and oxygen atoms in total. The van der Waals surface area contributed by atoms with E-state index < -0.39 is 0 Å². The number of halogens is 2. The summed E-state index contributed by atoms with van der Waals surface area (Å²) in [6.45, 7) is 0.798. The van der Waals surface area contributed by atoms with Crippen molar-refractivity contribution in [1.82, 2.24) is 5.32 Å². The lowest BCUT2D eigenvalue weighted by Gasteiger charge is -1.98. The van der Waals surface area contributed by atoms with Crippen molar-refractivity contribution in [3.05, 3.63) is 34.7 Å². The third kappa shape index (κ3) is 1.67. The van der Waals surface area contributed by atoms with Crippen LogP contribution in [0.25, 0.3) is 10.2 Å². The molecule has 0 saturated carbocycles. The van der Waals surface area contributed by atoms with Crippen LogP contribution in [0.15, 0.2) is 24.3 Å². The van der Waals surface area contributed by atoms with Crippen molar-refractivity contribution in [3.63, 3.8) is 0 Å². The lowest BCUT2D eigenvalue weighted by atomic mass is 10.2. The Morgan fingerprint density at radius 1 is 1.08 bits per heavy atom. The molecule has 1 aliphatic heterocycles. The highest BCUT2D eigenvalue weighted by Gasteiger charge is 2.03. The van der Waals surface area contributed by atoms with E-state index in [0.717, 1.165) is 28.4 Å². The molecule has 3 heteroatoms. The summed E-state index contributed by atoms with van der Waals surface area (Å²) in [6, 6.07) is 7.89. The molecule has 0 amide bonds. The molecule has 1 aromatic carbocycles. The second-order valence-electron chi connectivity index (χ2n) is 2.94. The van der Waals surface area contributed by atoms with Crippen LogP contribution in [0.1, 0.15) is 6.42 Å². The molecule has 0 saturated heterocycles. The van der Waals surface area contributed by atoms with Gasteiger partial charge in [0.1, 0.15) is 5.16 Å². The molecule has 0 unspecified atom stereocenters. The molecule has 0 fully saturated rings. The highest BCUT2D eigenvalue weighted by molar-refractivity contribution is 6.46. The summed E-state index contributed by atoms with van der Waals surface area (Å²) in [5.74, 6) is 0. The maximum atomic E-state index is 6.12. The normalized spacial score (nSPS) is 16.2. The van der Waals surface area contributed by atoms with E-state index in [9.17, 15) is 0 Å². The molecule has 68 valence electrons. The van der Waals surface area contributed by atoms with Crippen molar-refractivity contribution in [2.45, 2.75) is 6.42 Å². The molecule has 2 rings (SSSR count).